The monoisotopic (exact) mass is 428 g/mol. The summed E-state index contributed by atoms with van der Waals surface area (Å²) >= 11 is 0. The minimum absolute atomic E-state index is 0.0295. The van der Waals surface area contributed by atoms with Gasteiger partial charge in [0.25, 0.3) is 0 Å². The average Bonchev–Trinajstić information content (AvgIpc) is 3.23. The summed E-state index contributed by atoms with van der Waals surface area (Å²) in [5.74, 6) is -0.989. The molecule has 1 saturated heterocycles. The Labute approximate surface area is 183 Å². The van der Waals surface area contributed by atoms with Crippen molar-refractivity contribution in [1.29, 1.82) is 0 Å². The normalized spacial score (nSPS) is 18.3. The van der Waals surface area contributed by atoms with Crippen LogP contribution in [0.5, 0.6) is 5.75 Å². The molecule has 1 aliphatic heterocycles. The van der Waals surface area contributed by atoms with Gasteiger partial charge in [-0.1, -0.05) is 39.8 Å². The number of ether oxygens (including phenoxy) is 3. The molecule has 0 radical (unpaired) electrons. The van der Waals surface area contributed by atoms with E-state index in [0.717, 1.165) is 23.6 Å². The molecule has 2 aromatic rings. The maximum Gasteiger partial charge on any atom is 0.186 e. The third kappa shape index (κ3) is 3.68. The van der Waals surface area contributed by atoms with Crippen molar-refractivity contribution >= 4 is 5.57 Å². The lowest BCUT2D eigenvalue weighted by atomic mass is 9.70. The van der Waals surface area contributed by atoms with E-state index in [1.807, 2.05) is 13.0 Å². The van der Waals surface area contributed by atoms with Crippen LogP contribution in [0, 0.1) is 24.5 Å². The molecule has 166 valence electrons. The second-order valence-electron chi connectivity index (χ2n) is 9.36. The van der Waals surface area contributed by atoms with Gasteiger partial charge in [-0.3, -0.25) is 0 Å². The largest absolute Gasteiger partial charge is 0.493 e. The number of benzene rings is 2. The van der Waals surface area contributed by atoms with Crippen molar-refractivity contribution in [3.05, 3.63) is 58.2 Å². The number of methoxy groups -OCH3 is 1. The fraction of sp³-hybridized carbons (Fsp3) is 0.462. The molecule has 0 bridgehead atoms. The first-order chi connectivity index (χ1) is 14.7. The van der Waals surface area contributed by atoms with Gasteiger partial charge in [0.1, 0.15) is 5.82 Å². The number of allylic oxidation sites excluding steroid dienone is 2. The van der Waals surface area contributed by atoms with Gasteiger partial charge in [0.15, 0.2) is 17.9 Å². The van der Waals surface area contributed by atoms with E-state index in [9.17, 15) is 0 Å². The summed E-state index contributed by atoms with van der Waals surface area (Å²) in [6, 6.07) is 5.23. The van der Waals surface area contributed by atoms with Crippen LogP contribution in [0.15, 0.2) is 24.3 Å². The molecular formula is C26H30F2O3. The molecule has 0 N–H and O–H groups in total. The van der Waals surface area contributed by atoms with Gasteiger partial charge in [0.05, 0.1) is 25.9 Å². The third-order valence-electron chi connectivity index (χ3n) is 6.41. The molecule has 1 aliphatic carbocycles. The van der Waals surface area contributed by atoms with E-state index in [-0.39, 0.29) is 22.3 Å². The second-order valence-corrected chi connectivity index (χ2v) is 9.36. The molecule has 3 nitrogen and oxygen atoms in total. The van der Waals surface area contributed by atoms with E-state index in [4.69, 9.17) is 14.2 Å². The molecule has 1 fully saturated rings. The summed E-state index contributed by atoms with van der Waals surface area (Å²) in [6.07, 6.45) is 2.31. The predicted octanol–water partition coefficient (Wildman–Crippen LogP) is 6.71. The van der Waals surface area contributed by atoms with E-state index < -0.39 is 17.9 Å². The first-order valence-electron chi connectivity index (χ1n) is 10.8. The van der Waals surface area contributed by atoms with Crippen molar-refractivity contribution in [1.82, 2.24) is 0 Å². The molecule has 0 spiro atoms. The van der Waals surface area contributed by atoms with Crippen molar-refractivity contribution in [3.63, 3.8) is 0 Å². The molecule has 2 aromatic carbocycles. The fourth-order valence-electron chi connectivity index (χ4n) is 4.69. The first kappa shape index (κ1) is 22.0. The summed E-state index contributed by atoms with van der Waals surface area (Å²) in [4.78, 5) is 0. The number of hydrogen-bond acceptors (Lipinski definition) is 3. The standard InChI is InChI=1S/C26H30F2O3/c1-14(2)16-7-8-26(4,5)20-11-15(3)17(12-18(16)20)22-23(28)19(25-30-9-10-31-25)13-21(27)24(22)29-6/h7,11-14,25H,8-10H2,1-6H3. The summed E-state index contributed by atoms with van der Waals surface area (Å²) in [6.45, 7) is 11.4. The van der Waals surface area contributed by atoms with Crippen molar-refractivity contribution in [2.45, 2.75) is 52.7 Å². The molecule has 5 heteroatoms. The summed E-state index contributed by atoms with van der Waals surface area (Å²) in [5.41, 5.74) is 5.19. The minimum atomic E-state index is -0.915. The highest BCUT2D eigenvalue weighted by atomic mass is 19.1. The van der Waals surface area contributed by atoms with Crippen molar-refractivity contribution < 1.29 is 23.0 Å². The number of rotatable bonds is 4. The van der Waals surface area contributed by atoms with Gasteiger partial charge in [-0.15, -0.1) is 0 Å². The molecular weight excluding hydrogens is 398 g/mol. The van der Waals surface area contributed by atoms with Crippen molar-refractivity contribution in [2.75, 3.05) is 20.3 Å². The zero-order chi connectivity index (χ0) is 22.5. The average molecular weight is 429 g/mol. The highest BCUT2D eigenvalue weighted by Gasteiger charge is 2.33. The van der Waals surface area contributed by atoms with E-state index in [1.54, 1.807) is 0 Å². The maximum atomic E-state index is 15.8. The Hall–Kier alpha value is -2.24. The molecule has 31 heavy (non-hydrogen) atoms. The highest BCUT2D eigenvalue weighted by molar-refractivity contribution is 5.82. The van der Waals surface area contributed by atoms with Gasteiger partial charge in [0, 0.05) is 5.56 Å². The second kappa shape index (κ2) is 8.03. The van der Waals surface area contributed by atoms with Crippen LogP contribution in [0.1, 0.15) is 62.7 Å². The summed E-state index contributed by atoms with van der Waals surface area (Å²) < 4.78 is 47.1. The lowest BCUT2D eigenvalue weighted by molar-refractivity contribution is -0.0466. The molecule has 0 saturated carbocycles. The Morgan fingerprint density at radius 1 is 1.06 bits per heavy atom. The van der Waals surface area contributed by atoms with Crippen LogP contribution in [0.3, 0.4) is 0 Å². The molecule has 2 aliphatic rings. The summed E-state index contributed by atoms with van der Waals surface area (Å²) in [5, 5.41) is 0. The number of halogens is 2. The topological polar surface area (TPSA) is 27.7 Å². The molecule has 4 rings (SSSR count). The van der Waals surface area contributed by atoms with Crippen molar-refractivity contribution in [2.24, 2.45) is 5.92 Å². The van der Waals surface area contributed by atoms with Crippen LogP contribution in [-0.2, 0) is 14.9 Å². The van der Waals surface area contributed by atoms with Crippen LogP contribution < -0.4 is 4.74 Å². The Bertz CT molecular complexity index is 1050. The van der Waals surface area contributed by atoms with Gasteiger partial charge in [-0.2, -0.15) is 0 Å². The van der Waals surface area contributed by atoms with Crippen LogP contribution >= 0.6 is 0 Å². The van der Waals surface area contributed by atoms with Crippen LogP contribution in [0.4, 0.5) is 8.78 Å². The van der Waals surface area contributed by atoms with Crippen LogP contribution in [0.25, 0.3) is 16.7 Å². The first-order valence-corrected chi connectivity index (χ1v) is 10.8. The lowest BCUT2D eigenvalue weighted by Crippen LogP contribution is -2.23. The van der Waals surface area contributed by atoms with Gasteiger partial charge in [0.2, 0.25) is 0 Å². The summed E-state index contributed by atoms with van der Waals surface area (Å²) in [7, 11) is 1.36. The Balaban J connectivity index is 1.99. The van der Waals surface area contributed by atoms with Crippen molar-refractivity contribution in [3.8, 4) is 16.9 Å². The minimum Gasteiger partial charge on any atom is -0.493 e. The van der Waals surface area contributed by atoms with Crippen LogP contribution in [-0.4, -0.2) is 20.3 Å². The quantitative estimate of drug-likeness (QED) is 0.541. The molecule has 0 unspecified atom stereocenters. The number of fused-ring (bicyclic) bond motifs is 1. The van der Waals surface area contributed by atoms with Gasteiger partial charge >= 0.3 is 0 Å². The molecule has 0 aromatic heterocycles. The Morgan fingerprint density at radius 2 is 1.74 bits per heavy atom. The number of hydrogen-bond donors (Lipinski definition) is 0. The van der Waals surface area contributed by atoms with E-state index in [0.29, 0.717) is 24.7 Å². The van der Waals surface area contributed by atoms with Gasteiger partial charge < -0.3 is 14.2 Å². The maximum absolute atomic E-state index is 15.8. The van der Waals surface area contributed by atoms with Gasteiger partial charge in [-0.05, 0) is 64.6 Å². The van der Waals surface area contributed by atoms with Crippen LogP contribution in [0.2, 0.25) is 0 Å². The van der Waals surface area contributed by atoms with Gasteiger partial charge in [-0.25, -0.2) is 8.78 Å². The smallest absolute Gasteiger partial charge is 0.186 e. The molecule has 1 heterocycles. The molecule has 0 atom stereocenters. The SMILES string of the molecule is COc1c(F)cc(C2OCCO2)c(F)c1-c1cc2c(cc1C)C(C)(C)CC=C2C(C)C. The van der Waals surface area contributed by atoms with E-state index in [1.165, 1.54) is 18.2 Å². The number of aryl methyl sites for hydroxylation is 1. The predicted molar refractivity (Wildman–Crippen MR) is 118 cm³/mol. The highest BCUT2D eigenvalue weighted by Crippen LogP contribution is 2.47. The zero-order valence-electron chi connectivity index (χ0n) is 19.1. The fourth-order valence-corrected chi connectivity index (χ4v) is 4.69. The zero-order valence-corrected chi connectivity index (χ0v) is 19.1. The van der Waals surface area contributed by atoms with E-state index in [2.05, 4.69) is 39.8 Å². The van der Waals surface area contributed by atoms with E-state index >= 15 is 8.78 Å². The third-order valence-corrected chi connectivity index (χ3v) is 6.41. The Morgan fingerprint density at radius 3 is 2.35 bits per heavy atom. The lowest BCUT2D eigenvalue weighted by Gasteiger charge is -2.34. The molecule has 0 amide bonds. The Kier molecular flexibility index (Phi) is 5.69.